The van der Waals surface area contributed by atoms with Gasteiger partial charge in [-0.1, -0.05) is 6.92 Å². The SMILES string of the molecule is CCCn1cncc1-c1nc2cc(C)cc(C)n2c1N. The van der Waals surface area contributed by atoms with Gasteiger partial charge in [-0.3, -0.25) is 4.40 Å². The van der Waals surface area contributed by atoms with Crippen LogP contribution in [0.5, 0.6) is 0 Å². The highest BCUT2D eigenvalue weighted by molar-refractivity contribution is 5.73. The Balaban J connectivity index is 2.24. The van der Waals surface area contributed by atoms with Crippen molar-refractivity contribution in [3.8, 4) is 11.4 Å². The Labute approximate surface area is 118 Å². The number of aromatic nitrogens is 4. The first-order valence-electron chi connectivity index (χ1n) is 6.87. The Kier molecular flexibility index (Phi) is 2.97. The number of pyridine rings is 1. The third kappa shape index (κ3) is 1.86. The van der Waals surface area contributed by atoms with E-state index < -0.39 is 0 Å². The first-order chi connectivity index (χ1) is 9.61. The topological polar surface area (TPSA) is 61.1 Å². The summed E-state index contributed by atoms with van der Waals surface area (Å²) in [7, 11) is 0. The zero-order valence-electron chi connectivity index (χ0n) is 12.1. The van der Waals surface area contributed by atoms with E-state index in [-0.39, 0.29) is 0 Å². The van der Waals surface area contributed by atoms with Gasteiger partial charge in [0.05, 0.1) is 18.2 Å². The monoisotopic (exact) mass is 269 g/mol. The van der Waals surface area contributed by atoms with Crippen LogP contribution in [0.1, 0.15) is 24.6 Å². The number of aryl methyl sites for hydroxylation is 3. The highest BCUT2D eigenvalue weighted by Gasteiger charge is 2.16. The lowest BCUT2D eigenvalue weighted by atomic mass is 10.2. The zero-order chi connectivity index (χ0) is 14.3. The number of nitrogen functional groups attached to an aromatic ring is 1. The molecule has 0 spiro atoms. The molecule has 5 heteroatoms. The molecule has 0 amide bonds. The van der Waals surface area contributed by atoms with Crippen LogP contribution in [-0.2, 0) is 6.54 Å². The summed E-state index contributed by atoms with van der Waals surface area (Å²) in [6, 6.07) is 4.16. The molecule has 0 aliphatic carbocycles. The van der Waals surface area contributed by atoms with Crippen LogP contribution in [0.3, 0.4) is 0 Å². The summed E-state index contributed by atoms with van der Waals surface area (Å²) in [6.07, 6.45) is 4.71. The van der Waals surface area contributed by atoms with Crippen molar-refractivity contribution in [3.63, 3.8) is 0 Å². The minimum atomic E-state index is 0.676. The molecule has 0 saturated carbocycles. The molecule has 0 aliphatic heterocycles. The Hall–Kier alpha value is -2.30. The predicted molar refractivity (Wildman–Crippen MR) is 80.6 cm³/mol. The van der Waals surface area contributed by atoms with E-state index in [2.05, 4.69) is 29.5 Å². The third-order valence-electron chi connectivity index (χ3n) is 3.50. The lowest BCUT2D eigenvalue weighted by Crippen LogP contribution is -2.01. The molecule has 2 N–H and O–H groups in total. The van der Waals surface area contributed by atoms with Crippen molar-refractivity contribution in [2.24, 2.45) is 0 Å². The number of hydrogen-bond acceptors (Lipinski definition) is 3. The molecule has 0 unspecified atom stereocenters. The van der Waals surface area contributed by atoms with Gasteiger partial charge in [-0.25, -0.2) is 9.97 Å². The fourth-order valence-corrected chi connectivity index (χ4v) is 2.68. The molecule has 20 heavy (non-hydrogen) atoms. The van der Waals surface area contributed by atoms with Crippen molar-refractivity contribution >= 4 is 11.5 Å². The maximum absolute atomic E-state index is 6.31. The van der Waals surface area contributed by atoms with Crippen LogP contribution in [0.15, 0.2) is 24.7 Å². The number of imidazole rings is 2. The summed E-state index contributed by atoms with van der Waals surface area (Å²) in [5, 5.41) is 0. The Morgan fingerprint density at radius 2 is 2.05 bits per heavy atom. The second-order valence-corrected chi connectivity index (χ2v) is 5.19. The van der Waals surface area contributed by atoms with E-state index in [4.69, 9.17) is 10.7 Å². The molecule has 3 aromatic rings. The molecular formula is C15H19N5. The molecule has 3 aromatic heterocycles. The van der Waals surface area contributed by atoms with Crippen LogP contribution < -0.4 is 5.73 Å². The quantitative estimate of drug-likeness (QED) is 0.795. The van der Waals surface area contributed by atoms with Crippen molar-refractivity contribution in [2.45, 2.75) is 33.7 Å². The summed E-state index contributed by atoms with van der Waals surface area (Å²) in [4.78, 5) is 8.92. The van der Waals surface area contributed by atoms with Gasteiger partial charge in [-0.05, 0) is 38.0 Å². The van der Waals surface area contributed by atoms with Gasteiger partial charge in [0.25, 0.3) is 0 Å². The average Bonchev–Trinajstić information content (AvgIpc) is 2.94. The molecule has 0 saturated heterocycles. The molecule has 5 nitrogen and oxygen atoms in total. The number of rotatable bonds is 3. The number of anilines is 1. The summed E-state index contributed by atoms with van der Waals surface area (Å²) >= 11 is 0. The molecule has 3 rings (SSSR count). The standard InChI is InChI=1S/C15H19N5/c1-4-5-19-9-17-8-12(19)14-15(16)20-11(3)6-10(2)7-13(20)18-14/h6-9H,4-5,16H2,1-3H3. The maximum atomic E-state index is 6.31. The molecule has 0 aromatic carbocycles. The van der Waals surface area contributed by atoms with Crippen LogP contribution in [0.25, 0.3) is 17.0 Å². The van der Waals surface area contributed by atoms with Gasteiger partial charge in [0.1, 0.15) is 17.2 Å². The fourth-order valence-electron chi connectivity index (χ4n) is 2.68. The fraction of sp³-hybridized carbons (Fsp3) is 0.333. The van der Waals surface area contributed by atoms with Crippen molar-refractivity contribution < 1.29 is 0 Å². The minimum Gasteiger partial charge on any atom is -0.383 e. The van der Waals surface area contributed by atoms with Crippen molar-refractivity contribution in [1.29, 1.82) is 0 Å². The van der Waals surface area contributed by atoms with Gasteiger partial charge in [-0.15, -0.1) is 0 Å². The summed E-state index contributed by atoms with van der Waals surface area (Å²) < 4.78 is 4.09. The lowest BCUT2D eigenvalue weighted by molar-refractivity contribution is 0.683. The lowest BCUT2D eigenvalue weighted by Gasteiger charge is -2.05. The van der Waals surface area contributed by atoms with Gasteiger partial charge >= 0.3 is 0 Å². The minimum absolute atomic E-state index is 0.676. The molecule has 0 aliphatic rings. The van der Waals surface area contributed by atoms with Crippen LogP contribution in [0.2, 0.25) is 0 Å². The van der Waals surface area contributed by atoms with E-state index in [1.807, 2.05) is 29.9 Å². The van der Waals surface area contributed by atoms with Gasteiger partial charge < -0.3 is 10.3 Å². The molecule has 3 heterocycles. The normalized spacial score (nSPS) is 11.3. The van der Waals surface area contributed by atoms with Crippen molar-refractivity contribution in [2.75, 3.05) is 5.73 Å². The number of hydrogen-bond donors (Lipinski definition) is 1. The third-order valence-corrected chi connectivity index (χ3v) is 3.50. The van der Waals surface area contributed by atoms with Crippen LogP contribution >= 0.6 is 0 Å². The van der Waals surface area contributed by atoms with E-state index in [1.165, 1.54) is 5.56 Å². The Bertz CT molecular complexity index is 766. The highest BCUT2D eigenvalue weighted by atomic mass is 15.1. The van der Waals surface area contributed by atoms with E-state index in [0.717, 1.165) is 35.7 Å². The summed E-state index contributed by atoms with van der Waals surface area (Å²) in [5.74, 6) is 0.676. The van der Waals surface area contributed by atoms with E-state index in [0.29, 0.717) is 5.82 Å². The van der Waals surface area contributed by atoms with Crippen LogP contribution in [0, 0.1) is 13.8 Å². The summed E-state index contributed by atoms with van der Waals surface area (Å²) in [6.45, 7) is 7.18. The Morgan fingerprint density at radius 3 is 2.80 bits per heavy atom. The van der Waals surface area contributed by atoms with Gasteiger partial charge in [0.15, 0.2) is 0 Å². The van der Waals surface area contributed by atoms with Gasteiger partial charge in [-0.2, -0.15) is 0 Å². The van der Waals surface area contributed by atoms with E-state index >= 15 is 0 Å². The smallest absolute Gasteiger partial charge is 0.139 e. The van der Waals surface area contributed by atoms with E-state index in [9.17, 15) is 0 Å². The molecule has 0 atom stereocenters. The molecule has 0 fully saturated rings. The van der Waals surface area contributed by atoms with Crippen molar-refractivity contribution in [1.82, 2.24) is 18.9 Å². The highest BCUT2D eigenvalue weighted by Crippen LogP contribution is 2.28. The van der Waals surface area contributed by atoms with Crippen molar-refractivity contribution in [3.05, 3.63) is 35.9 Å². The molecule has 0 bridgehead atoms. The maximum Gasteiger partial charge on any atom is 0.139 e. The predicted octanol–water partition coefficient (Wildman–Crippen LogP) is 2.81. The summed E-state index contributed by atoms with van der Waals surface area (Å²) in [5.41, 5.74) is 11.3. The molecule has 104 valence electrons. The number of nitrogens with two attached hydrogens (primary N) is 1. The second kappa shape index (κ2) is 4.67. The van der Waals surface area contributed by atoms with Crippen LogP contribution in [-0.4, -0.2) is 18.9 Å². The molecular weight excluding hydrogens is 250 g/mol. The second-order valence-electron chi connectivity index (χ2n) is 5.19. The number of fused-ring (bicyclic) bond motifs is 1. The molecule has 0 radical (unpaired) electrons. The average molecular weight is 269 g/mol. The van der Waals surface area contributed by atoms with Gasteiger partial charge in [0.2, 0.25) is 0 Å². The Morgan fingerprint density at radius 1 is 1.25 bits per heavy atom. The van der Waals surface area contributed by atoms with E-state index in [1.54, 1.807) is 0 Å². The van der Waals surface area contributed by atoms with Gasteiger partial charge in [0, 0.05) is 12.2 Å². The number of nitrogens with zero attached hydrogens (tertiary/aromatic N) is 4. The first-order valence-corrected chi connectivity index (χ1v) is 6.87. The van der Waals surface area contributed by atoms with Crippen LogP contribution in [0.4, 0.5) is 5.82 Å². The zero-order valence-corrected chi connectivity index (χ0v) is 12.1. The first kappa shape index (κ1) is 12.7. The largest absolute Gasteiger partial charge is 0.383 e.